The standard InChI is InChI=1S/C16H16BrN3/c1-11-13(17)7-5-8-14(11)18-10-15-12-6-3-4-9-16(12)20(2)19-15/h3-9,18H,10H2,1-2H3. The van der Waals surface area contributed by atoms with Crippen LogP contribution in [-0.2, 0) is 13.6 Å². The van der Waals surface area contributed by atoms with E-state index in [0.29, 0.717) is 0 Å². The molecule has 0 unspecified atom stereocenters. The molecule has 0 aliphatic rings. The van der Waals surface area contributed by atoms with Crippen molar-refractivity contribution >= 4 is 32.5 Å². The molecule has 1 aromatic heterocycles. The van der Waals surface area contributed by atoms with Crippen molar-refractivity contribution in [1.29, 1.82) is 0 Å². The lowest BCUT2D eigenvalue weighted by molar-refractivity contribution is 0.771. The van der Waals surface area contributed by atoms with Gasteiger partial charge in [-0.2, -0.15) is 5.10 Å². The van der Waals surface area contributed by atoms with Gasteiger partial charge in [0.1, 0.15) is 0 Å². The molecule has 3 aromatic rings. The third kappa shape index (κ3) is 2.31. The quantitative estimate of drug-likeness (QED) is 0.778. The number of fused-ring (bicyclic) bond motifs is 1. The number of nitrogens with one attached hydrogen (secondary N) is 1. The molecule has 0 saturated carbocycles. The fourth-order valence-electron chi connectivity index (χ4n) is 2.40. The molecule has 0 amide bonds. The molecule has 0 bridgehead atoms. The Balaban J connectivity index is 1.89. The molecule has 0 atom stereocenters. The number of rotatable bonds is 3. The SMILES string of the molecule is Cc1c(Br)cccc1NCc1nn(C)c2ccccc12. The highest BCUT2D eigenvalue weighted by molar-refractivity contribution is 9.10. The van der Waals surface area contributed by atoms with Crippen molar-refractivity contribution in [3.05, 3.63) is 58.2 Å². The molecule has 1 heterocycles. The predicted octanol–water partition coefficient (Wildman–Crippen LogP) is 4.26. The van der Waals surface area contributed by atoms with Crippen LogP contribution in [0.2, 0.25) is 0 Å². The molecule has 102 valence electrons. The predicted molar refractivity (Wildman–Crippen MR) is 86.9 cm³/mol. The number of benzene rings is 2. The summed E-state index contributed by atoms with van der Waals surface area (Å²) in [6.07, 6.45) is 0. The monoisotopic (exact) mass is 329 g/mol. The highest BCUT2D eigenvalue weighted by Crippen LogP contribution is 2.25. The summed E-state index contributed by atoms with van der Waals surface area (Å²) in [6.45, 7) is 2.82. The number of aryl methyl sites for hydroxylation is 1. The van der Waals surface area contributed by atoms with E-state index in [1.165, 1.54) is 10.9 Å². The number of hydrogen-bond donors (Lipinski definition) is 1. The largest absolute Gasteiger partial charge is 0.379 e. The van der Waals surface area contributed by atoms with Gasteiger partial charge in [0.15, 0.2) is 0 Å². The zero-order valence-corrected chi connectivity index (χ0v) is 13.1. The van der Waals surface area contributed by atoms with Crippen LogP contribution in [0.4, 0.5) is 5.69 Å². The molecular formula is C16H16BrN3. The molecular weight excluding hydrogens is 314 g/mol. The van der Waals surface area contributed by atoms with Gasteiger partial charge < -0.3 is 5.32 Å². The van der Waals surface area contributed by atoms with Crippen LogP contribution in [0.1, 0.15) is 11.3 Å². The number of hydrogen-bond acceptors (Lipinski definition) is 2. The molecule has 1 N–H and O–H groups in total. The smallest absolute Gasteiger partial charge is 0.0894 e. The number of aromatic nitrogens is 2. The Morgan fingerprint density at radius 3 is 2.80 bits per heavy atom. The van der Waals surface area contributed by atoms with Crippen molar-refractivity contribution in [2.24, 2.45) is 7.05 Å². The van der Waals surface area contributed by atoms with Crippen LogP contribution in [0.5, 0.6) is 0 Å². The van der Waals surface area contributed by atoms with Crippen molar-refractivity contribution in [1.82, 2.24) is 9.78 Å². The van der Waals surface area contributed by atoms with Crippen LogP contribution in [-0.4, -0.2) is 9.78 Å². The van der Waals surface area contributed by atoms with Crippen molar-refractivity contribution < 1.29 is 0 Å². The van der Waals surface area contributed by atoms with Gasteiger partial charge in [-0.25, -0.2) is 0 Å². The Morgan fingerprint density at radius 1 is 1.15 bits per heavy atom. The van der Waals surface area contributed by atoms with Crippen molar-refractivity contribution in [3.63, 3.8) is 0 Å². The summed E-state index contributed by atoms with van der Waals surface area (Å²) < 4.78 is 3.05. The zero-order valence-electron chi connectivity index (χ0n) is 11.5. The first-order valence-corrected chi connectivity index (χ1v) is 7.35. The normalized spacial score (nSPS) is 10.9. The topological polar surface area (TPSA) is 29.9 Å². The molecule has 20 heavy (non-hydrogen) atoms. The van der Waals surface area contributed by atoms with E-state index < -0.39 is 0 Å². The first-order valence-electron chi connectivity index (χ1n) is 6.56. The Bertz CT molecular complexity index is 762. The van der Waals surface area contributed by atoms with Crippen LogP contribution in [0.15, 0.2) is 46.9 Å². The molecule has 0 aliphatic heterocycles. The highest BCUT2D eigenvalue weighted by Gasteiger charge is 2.08. The first kappa shape index (κ1) is 13.2. The van der Waals surface area contributed by atoms with Crippen molar-refractivity contribution in [3.8, 4) is 0 Å². The van der Waals surface area contributed by atoms with Crippen LogP contribution in [0, 0.1) is 6.92 Å². The summed E-state index contributed by atoms with van der Waals surface area (Å²) in [5, 5.41) is 9.27. The average molecular weight is 330 g/mol. The summed E-state index contributed by atoms with van der Waals surface area (Å²) in [4.78, 5) is 0. The van der Waals surface area contributed by atoms with E-state index in [2.05, 4.69) is 63.6 Å². The molecule has 3 rings (SSSR count). The number of para-hydroxylation sites is 1. The molecule has 0 fully saturated rings. The van der Waals surface area contributed by atoms with Crippen LogP contribution in [0.25, 0.3) is 10.9 Å². The van der Waals surface area contributed by atoms with E-state index >= 15 is 0 Å². The molecule has 2 aromatic carbocycles. The van der Waals surface area contributed by atoms with Crippen LogP contribution >= 0.6 is 15.9 Å². The van der Waals surface area contributed by atoms with Gasteiger partial charge in [-0.15, -0.1) is 0 Å². The third-order valence-corrected chi connectivity index (χ3v) is 4.41. The fourth-order valence-corrected chi connectivity index (χ4v) is 2.76. The highest BCUT2D eigenvalue weighted by atomic mass is 79.9. The van der Waals surface area contributed by atoms with E-state index in [9.17, 15) is 0 Å². The van der Waals surface area contributed by atoms with Gasteiger partial charge in [0.2, 0.25) is 0 Å². The van der Waals surface area contributed by atoms with Gasteiger partial charge in [0, 0.05) is 22.6 Å². The lowest BCUT2D eigenvalue weighted by atomic mass is 10.2. The number of anilines is 1. The van der Waals surface area contributed by atoms with Gasteiger partial charge in [-0.1, -0.05) is 40.2 Å². The zero-order chi connectivity index (χ0) is 14.1. The molecule has 3 nitrogen and oxygen atoms in total. The molecule has 0 saturated heterocycles. The van der Waals surface area contributed by atoms with Crippen molar-refractivity contribution in [2.75, 3.05) is 5.32 Å². The Labute approximate surface area is 126 Å². The lowest BCUT2D eigenvalue weighted by Crippen LogP contribution is -2.03. The van der Waals surface area contributed by atoms with Gasteiger partial charge in [-0.3, -0.25) is 4.68 Å². The molecule has 0 spiro atoms. The second-order valence-corrected chi connectivity index (χ2v) is 5.71. The van der Waals surface area contributed by atoms with E-state index in [0.717, 1.165) is 27.9 Å². The van der Waals surface area contributed by atoms with Gasteiger partial charge >= 0.3 is 0 Å². The number of nitrogens with zero attached hydrogens (tertiary/aromatic N) is 2. The Morgan fingerprint density at radius 2 is 1.95 bits per heavy atom. The minimum Gasteiger partial charge on any atom is -0.379 e. The molecule has 4 heteroatoms. The van der Waals surface area contributed by atoms with Gasteiger partial charge in [0.25, 0.3) is 0 Å². The van der Waals surface area contributed by atoms with Crippen molar-refractivity contribution in [2.45, 2.75) is 13.5 Å². The summed E-state index contributed by atoms with van der Waals surface area (Å²) in [5.41, 5.74) is 4.58. The number of halogens is 1. The second kappa shape index (κ2) is 5.29. The summed E-state index contributed by atoms with van der Waals surface area (Å²) in [5.74, 6) is 0. The summed E-state index contributed by atoms with van der Waals surface area (Å²) >= 11 is 3.56. The Kier molecular flexibility index (Phi) is 3.49. The second-order valence-electron chi connectivity index (χ2n) is 4.85. The lowest BCUT2D eigenvalue weighted by Gasteiger charge is -2.09. The first-order chi connectivity index (χ1) is 9.66. The van der Waals surface area contributed by atoms with Crippen LogP contribution in [0.3, 0.4) is 0 Å². The molecule has 0 aliphatic carbocycles. The maximum atomic E-state index is 4.60. The maximum absolute atomic E-state index is 4.60. The summed E-state index contributed by atoms with van der Waals surface area (Å²) in [7, 11) is 1.98. The minimum absolute atomic E-state index is 0.721. The van der Waals surface area contributed by atoms with Gasteiger partial charge in [-0.05, 0) is 30.7 Å². The van der Waals surface area contributed by atoms with E-state index in [-0.39, 0.29) is 0 Å². The maximum Gasteiger partial charge on any atom is 0.0894 e. The fraction of sp³-hybridized carbons (Fsp3) is 0.188. The summed E-state index contributed by atoms with van der Waals surface area (Å²) in [6, 6.07) is 14.5. The van der Waals surface area contributed by atoms with E-state index in [1.54, 1.807) is 0 Å². The van der Waals surface area contributed by atoms with Crippen LogP contribution < -0.4 is 5.32 Å². The molecule has 0 radical (unpaired) electrons. The van der Waals surface area contributed by atoms with E-state index in [1.807, 2.05) is 23.9 Å². The van der Waals surface area contributed by atoms with Gasteiger partial charge in [0.05, 0.1) is 17.8 Å². The Hall–Kier alpha value is -1.81. The third-order valence-electron chi connectivity index (χ3n) is 3.55. The average Bonchev–Trinajstić information content (AvgIpc) is 2.78. The minimum atomic E-state index is 0.721. The van der Waals surface area contributed by atoms with E-state index in [4.69, 9.17) is 0 Å².